The Kier molecular flexibility index (Phi) is 6.28. The highest BCUT2D eigenvalue weighted by molar-refractivity contribution is 5.80. The molecule has 1 aliphatic rings. The van der Waals surface area contributed by atoms with E-state index in [0.29, 0.717) is 37.6 Å². The first-order chi connectivity index (χ1) is 11.5. The summed E-state index contributed by atoms with van der Waals surface area (Å²) < 4.78 is 10.5. The fourth-order valence-corrected chi connectivity index (χ4v) is 2.81. The van der Waals surface area contributed by atoms with E-state index < -0.39 is 0 Å². The van der Waals surface area contributed by atoms with E-state index in [9.17, 15) is 9.59 Å². The number of nitrogens with zero attached hydrogens (tertiary/aromatic N) is 1. The molecule has 0 aliphatic carbocycles. The van der Waals surface area contributed by atoms with Crippen LogP contribution in [0.15, 0.2) is 18.2 Å². The first-order valence-corrected chi connectivity index (χ1v) is 8.08. The maximum atomic E-state index is 12.0. The lowest BCUT2D eigenvalue weighted by Crippen LogP contribution is -2.39. The summed E-state index contributed by atoms with van der Waals surface area (Å²) in [6, 6.07) is 5.67. The monoisotopic (exact) mass is 335 g/mol. The molecule has 1 atom stereocenters. The lowest BCUT2D eigenvalue weighted by Gasteiger charge is -2.17. The van der Waals surface area contributed by atoms with Gasteiger partial charge in [0, 0.05) is 19.6 Å². The number of benzene rings is 1. The molecule has 0 spiro atoms. The quantitative estimate of drug-likeness (QED) is 0.731. The number of hydrogen-bond acceptors (Lipinski definition) is 4. The van der Waals surface area contributed by atoms with E-state index in [-0.39, 0.29) is 17.9 Å². The van der Waals surface area contributed by atoms with Gasteiger partial charge in [0.05, 0.1) is 20.1 Å². The highest BCUT2D eigenvalue weighted by Crippen LogP contribution is 2.27. The number of hydrogen-bond donors (Lipinski definition) is 2. The van der Waals surface area contributed by atoms with Crippen molar-refractivity contribution in [2.24, 2.45) is 11.7 Å². The van der Waals surface area contributed by atoms with Crippen molar-refractivity contribution in [3.63, 3.8) is 0 Å². The molecular weight excluding hydrogens is 310 g/mol. The highest BCUT2D eigenvalue weighted by Gasteiger charge is 2.29. The second kappa shape index (κ2) is 8.42. The molecule has 0 unspecified atom stereocenters. The number of rotatable bonds is 7. The van der Waals surface area contributed by atoms with Crippen molar-refractivity contribution in [1.29, 1.82) is 0 Å². The summed E-state index contributed by atoms with van der Waals surface area (Å²) >= 11 is 0. The topological polar surface area (TPSA) is 93.9 Å². The van der Waals surface area contributed by atoms with E-state index in [1.54, 1.807) is 19.1 Å². The Morgan fingerprint density at radius 3 is 2.67 bits per heavy atom. The molecule has 1 saturated heterocycles. The molecule has 2 rings (SSSR count). The predicted molar refractivity (Wildman–Crippen MR) is 90.1 cm³/mol. The van der Waals surface area contributed by atoms with Crippen LogP contribution in [0.3, 0.4) is 0 Å². The Labute approximate surface area is 142 Å². The van der Waals surface area contributed by atoms with Gasteiger partial charge in [0.1, 0.15) is 0 Å². The molecule has 1 aromatic rings. The number of carbonyl (C=O) groups is 2. The largest absolute Gasteiger partial charge is 0.493 e. The van der Waals surface area contributed by atoms with Crippen LogP contribution >= 0.6 is 0 Å². The lowest BCUT2D eigenvalue weighted by atomic mass is 10.1. The minimum absolute atomic E-state index is 0.133. The Bertz CT molecular complexity index is 591. The molecule has 7 nitrogen and oxygen atoms in total. The van der Waals surface area contributed by atoms with Crippen LogP contribution in [0.4, 0.5) is 4.79 Å². The van der Waals surface area contributed by atoms with Crippen LogP contribution in [0.25, 0.3) is 0 Å². The van der Waals surface area contributed by atoms with Crippen molar-refractivity contribution >= 4 is 11.9 Å². The van der Waals surface area contributed by atoms with E-state index in [1.807, 2.05) is 18.2 Å². The van der Waals surface area contributed by atoms with E-state index in [1.165, 1.54) is 0 Å². The van der Waals surface area contributed by atoms with E-state index >= 15 is 0 Å². The van der Waals surface area contributed by atoms with Gasteiger partial charge in [-0.2, -0.15) is 0 Å². The third-order valence-electron chi connectivity index (χ3n) is 4.24. The fraction of sp³-hybridized carbons (Fsp3) is 0.529. The number of likely N-dealkylation sites (tertiary alicyclic amines) is 1. The Hall–Kier alpha value is -2.44. The summed E-state index contributed by atoms with van der Waals surface area (Å²) in [5, 5.41) is 2.88. The molecule has 3 N–H and O–H groups in total. The van der Waals surface area contributed by atoms with Crippen LogP contribution in [-0.2, 0) is 11.2 Å². The van der Waals surface area contributed by atoms with Gasteiger partial charge in [-0.25, -0.2) is 4.79 Å². The van der Waals surface area contributed by atoms with E-state index in [2.05, 4.69) is 5.32 Å². The summed E-state index contributed by atoms with van der Waals surface area (Å²) in [4.78, 5) is 24.8. The van der Waals surface area contributed by atoms with Crippen molar-refractivity contribution in [3.05, 3.63) is 23.8 Å². The third-order valence-corrected chi connectivity index (χ3v) is 4.24. The number of aryl methyl sites for hydroxylation is 1. The molecule has 3 amide bonds. The molecule has 1 heterocycles. The molecule has 0 radical (unpaired) electrons. The Balaban J connectivity index is 1.73. The number of nitrogens with one attached hydrogen (secondary N) is 1. The molecule has 132 valence electrons. The number of amides is 3. The molecule has 0 aromatic heterocycles. The number of methoxy groups -OCH3 is 2. The average molecular weight is 335 g/mol. The van der Waals surface area contributed by atoms with Gasteiger partial charge in [-0.3, -0.25) is 4.79 Å². The normalized spacial score (nSPS) is 16.8. The van der Waals surface area contributed by atoms with Gasteiger partial charge >= 0.3 is 6.03 Å². The molecule has 1 aromatic carbocycles. The summed E-state index contributed by atoms with van der Waals surface area (Å²) in [7, 11) is 3.21. The number of urea groups is 1. The first kappa shape index (κ1) is 17.9. The summed E-state index contributed by atoms with van der Waals surface area (Å²) in [5.74, 6) is 0.849. The second-order valence-corrected chi connectivity index (χ2v) is 5.86. The molecule has 1 aliphatic heterocycles. The Morgan fingerprint density at radius 1 is 1.29 bits per heavy atom. The predicted octanol–water partition coefficient (Wildman–Crippen LogP) is 1.15. The van der Waals surface area contributed by atoms with Gasteiger partial charge in [0.25, 0.3) is 0 Å². The average Bonchev–Trinajstić information content (AvgIpc) is 3.08. The minimum atomic E-state index is -0.334. The van der Waals surface area contributed by atoms with Crippen LogP contribution in [0, 0.1) is 5.92 Å². The zero-order valence-corrected chi connectivity index (χ0v) is 14.2. The maximum Gasteiger partial charge on any atom is 0.317 e. The number of carbonyl (C=O) groups excluding carboxylic acids is 2. The van der Waals surface area contributed by atoms with Crippen molar-refractivity contribution in [2.75, 3.05) is 33.9 Å². The van der Waals surface area contributed by atoms with Crippen molar-refractivity contribution in [1.82, 2.24) is 10.2 Å². The maximum absolute atomic E-state index is 12.0. The van der Waals surface area contributed by atoms with Crippen molar-refractivity contribution in [3.8, 4) is 11.5 Å². The van der Waals surface area contributed by atoms with E-state index in [0.717, 1.165) is 18.4 Å². The third kappa shape index (κ3) is 4.53. The first-order valence-electron chi connectivity index (χ1n) is 8.08. The van der Waals surface area contributed by atoms with Gasteiger partial charge in [-0.15, -0.1) is 0 Å². The fourth-order valence-electron chi connectivity index (χ4n) is 2.81. The Morgan fingerprint density at radius 2 is 2.04 bits per heavy atom. The van der Waals surface area contributed by atoms with Crippen molar-refractivity contribution in [2.45, 2.75) is 19.3 Å². The zero-order valence-electron chi connectivity index (χ0n) is 14.2. The smallest absolute Gasteiger partial charge is 0.317 e. The second-order valence-electron chi connectivity index (χ2n) is 5.86. The summed E-state index contributed by atoms with van der Waals surface area (Å²) in [6.45, 7) is 1.57. The van der Waals surface area contributed by atoms with Gasteiger partial charge in [-0.05, 0) is 37.0 Å². The molecule has 0 bridgehead atoms. The number of ether oxygens (including phenoxy) is 2. The van der Waals surface area contributed by atoms with Crippen LogP contribution in [0.2, 0.25) is 0 Å². The van der Waals surface area contributed by atoms with Crippen LogP contribution < -0.4 is 20.5 Å². The molecular formula is C17H25N3O4. The van der Waals surface area contributed by atoms with Crippen LogP contribution in [-0.4, -0.2) is 50.7 Å². The zero-order chi connectivity index (χ0) is 17.5. The minimum Gasteiger partial charge on any atom is -0.493 e. The van der Waals surface area contributed by atoms with Crippen LogP contribution in [0.5, 0.6) is 11.5 Å². The number of nitrogens with two attached hydrogens (primary N) is 1. The van der Waals surface area contributed by atoms with Gasteiger partial charge in [-0.1, -0.05) is 6.07 Å². The van der Waals surface area contributed by atoms with Gasteiger partial charge in [0.15, 0.2) is 11.5 Å². The summed E-state index contributed by atoms with van der Waals surface area (Å²) in [6.07, 6.45) is 2.28. The highest BCUT2D eigenvalue weighted by atomic mass is 16.5. The lowest BCUT2D eigenvalue weighted by molar-refractivity contribution is -0.121. The van der Waals surface area contributed by atoms with E-state index in [4.69, 9.17) is 15.2 Å². The van der Waals surface area contributed by atoms with Crippen molar-refractivity contribution < 1.29 is 19.1 Å². The molecule has 1 fully saturated rings. The molecule has 24 heavy (non-hydrogen) atoms. The van der Waals surface area contributed by atoms with Crippen LogP contribution in [0.1, 0.15) is 18.4 Å². The number of primary amides is 1. The van der Waals surface area contributed by atoms with Gasteiger partial charge in [0.2, 0.25) is 5.91 Å². The molecule has 7 heteroatoms. The SMILES string of the molecule is COc1ccc(CCCNC(=O)N2CC[C@H](C(N)=O)C2)cc1OC. The molecule has 0 saturated carbocycles. The standard InChI is InChI=1S/C17H25N3O4/c1-23-14-6-5-12(10-15(14)24-2)4-3-8-19-17(22)20-9-7-13(11-20)16(18)21/h5-6,10,13H,3-4,7-9,11H2,1-2H3,(H2,18,21)(H,19,22)/t13-/m0/s1. The van der Waals surface area contributed by atoms with Gasteiger partial charge < -0.3 is 25.4 Å². The summed E-state index contributed by atoms with van der Waals surface area (Å²) in [5.41, 5.74) is 6.40.